The molecule has 15 heteroatoms. The summed E-state index contributed by atoms with van der Waals surface area (Å²) in [5.74, 6) is -4.19. The number of carbonyl (C=O) groups is 5. The van der Waals surface area contributed by atoms with Crippen molar-refractivity contribution in [3.05, 3.63) is 108 Å². The van der Waals surface area contributed by atoms with E-state index < -0.39 is 59.5 Å². The second-order valence-electron chi connectivity index (χ2n) is 14.1. The van der Waals surface area contributed by atoms with Crippen LogP contribution in [0.1, 0.15) is 30.0 Å². The molecule has 4 amide bonds. The van der Waals surface area contributed by atoms with Crippen molar-refractivity contribution in [1.82, 2.24) is 26.2 Å². The Morgan fingerprint density at radius 2 is 1.23 bits per heavy atom. The van der Waals surface area contributed by atoms with Crippen LogP contribution in [0.4, 0.5) is 8.78 Å². The summed E-state index contributed by atoms with van der Waals surface area (Å²) in [5, 5.41) is 9.87. The van der Waals surface area contributed by atoms with Gasteiger partial charge in [-0.05, 0) is 42.9 Å². The number of hydrogen-bond acceptors (Lipinski definition) is 9. The zero-order valence-electron chi connectivity index (χ0n) is 31.5. The van der Waals surface area contributed by atoms with Gasteiger partial charge < -0.3 is 35.5 Å². The number of aryl methyl sites for hydroxylation is 1. The van der Waals surface area contributed by atoms with Gasteiger partial charge in [0.05, 0.1) is 32.4 Å². The summed E-state index contributed by atoms with van der Waals surface area (Å²) in [4.78, 5) is 70.2. The summed E-state index contributed by atoms with van der Waals surface area (Å²) in [7, 11) is 0.678. The number of amides is 4. The van der Waals surface area contributed by atoms with E-state index in [0.717, 1.165) is 11.1 Å². The van der Waals surface area contributed by atoms with Crippen molar-refractivity contribution in [2.45, 2.75) is 68.5 Å². The molecule has 2 heterocycles. The minimum atomic E-state index is -4.25. The lowest BCUT2D eigenvalue weighted by Crippen LogP contribution is -2.63. The van der Waals surface area contributed by atoms with Gasteiger partial charge in [-0.2, -0.15) is 8.78 Å². The first-order valence-corrected chi connectivity index (χ1v) is 18.6. The fourth-order valence-corrected chi connectivity index (χ4v) is 6.35. The number of nitrogens with one attached hydrogen (secondary N) is 4. The van der Waals surface area contributed by atoms with Gasteiger partial charge in [0.2, 0.25) is 17.7 Å². The number of rotatable bonds is 20. The molecule has 5 atom stereocenters. The molecule has 13 nitrogen and oxygen atoms in total. The molecule has 0 spiro atoms. The Kier molecular flexibility index (Phi) is 14.8. The molecule has 2 saturated heterocycles. The molecule has 0 unspecified atom stereocenters. The van der Waals surface area contributed by atoms with Crippen LogP contribution in [0.3, 0.4) is 0 Å². The Morgan fingerprint density at radius 3 is 1.77 bits per heavy atom. The van der Waals surface area contributed by atoms with E-state index in [9.17, 15) is 24.0 Å². The molecule has 0 bridgehead atoms. The van der Waals surface area contributed by atoms with Gasteiger partial charge in [0.25, 0.3) is 5.91 Å². The number of alkyl halides is 2. The molecule has 0 saturated carbocycles. The standard InChI is InChI=1S/C41H49F2N5O8/c1-40(27-56-40)36(50)32(24-29-14-8-4-9-15-29)45-38(52)33(25-30-16-10-5-11-17-30)46-39(53)35(41(42,43)54-2)47-37(51)31(19-18-28-12-6-3-7-13-28)44-34(49)26-48-20-22-55-23-21-48/h3-17,31-33,35H,18-27H2,1-2H3,(H,44,49)(H,45,52)(H,46,53)(H,47,51)/t31-,32-,33-,35-,40+/m0/s1. The molecule has 0 aliphatic carbocycles. The molecule has 3 aromatic rings. The van der Waals surface area contributed by atoms with Crippen molar-refractivity contribution < 1.29 is 47.0 Å². The lowest BCUT2D eigenvalue weighted by molar-refractivity contribution is -0.238. The SMILES string of the molecule is COC(F)(F)[C@@H](NC(=O)[C@H](CCc1ccccc1)NC(=O)CN1CCOCC1)C(=O)N[C@@H](Cc1ccccc1)C(=O)N[C@@H](Cc1ccccc1)C(=O)[C@@]1(C)CO1. The predicted octanol–water partition coefficient (Wildman–Crippen LogP) is 1.97. The Morgan fingerprint density at radius 1 is 0.732 bits per heavy atom. The Hall–Kier alpha value is -5.09. The molecule has 2 fully saturated rings. The van der Waals surface area contributed by atoms with Gasteiger partial charge in [-0.3, -0.25) is 28.9 Å². The fraction of sp³-hybridized carbons (Fsp3) is 0.439. The normalized spacial score (nSPS) is 19.1. The average molecular weight is 778 g/mol. The largest absolute Gasteiger partial charge is 0.384 e. The summed E-state index contributed by atoms with van der Waals surface area (Å²) in [6, 6.07) is 20.2. The van der Waals surface area contributed by atoms with E-state index in [1.165, 1.54) is 0 Å². The summed E-state index contributed by atoms with van der Waals surface area (Å²) < 4.78 is 46.2. The number of benzene rings is 3. The van der Waals surface area contributed by atoms with E-state index in [-0.39, 0.29) is 38.2 Å². The number of nitrogens with zero attached hydrogens (tertiary/aromatic N) is 1. The maximum atomic E-state index is 15.5. The van der Waals surface area contributed by atoms with E-state index in [2.05, 4.69) is 26.0 Å². The maximum absolute atomic E-state index is 15.5. The fourth-order valence-electron chi connectivity index (χ4n) is 6.35. The number of morpholine rings is 1. The van der Waals surface area contributed by atoms with Crippen LogP contribution >= 0.6 is 0 Å². The van der Waals surface area contributed by atoms with E-state index in [0.29, 0.717) is 45.4 Å². The highest BCUT2D eigenvalue weighted by Crippen LogP contribution is 2.29. The molecule has 5 rings (SSSR count). The van der Waals surface area contributed by atoms with Crippen molar-refractivity contribution >= 4 is 29.4 Å². The van der Waals surface area contributed by atoms with Gasteiger partial charge in [0, 0.05) is 26.6 Å². The molecule has 0 radical (unpaired) electrons. The number of epoxide rings is 1. The van der Waals surface area contributed by atoms with Gasteiger partial charge in [-0.15, -0.1) is 0 Å². The Labute approximate surface area is 324 Å². The first-order valence-electron chi connectivity index (χ1n) is 18.6. The molecule has 56 heavy (non-hydrogen) atoms. The number of hydrogen-bond donors (Lipinski definition) is 4. The zero-order valence-corrected chi connectivity index (χ0v) is 31.5. The topological polar surface area (TPSA) is 168 Å². The number of ether oxygens (including phenoxy) is 3. The minimum absolute atomic E-state index is 0.0239. The number of methoxy groups -OCH3 is 1. The highest BCUT2D eigenvalue weighted by Gasteiger charge is 2.51. The van der Waals surface area contributed by atoms with Crippen LogP contribution in [0.25, 0.3) is 0 Å². The van der Waals surface area contributed by atoms with Crippen LogP contribution in [0.2, 0.25) is 0 Å². The van der Waals surface area contributed by atoms with Crippen molar-refractivity contribution in [1.29, 1.82) is 0 Å². The number of Topliss-reactive ketones (excluding diaryl/α,β-unsaturated/α-hetero) is 1. The summed E-state index contributed by atoms with van der Waals surface area (Å²) in [6.07, 6.45) is -3.96. The number of ketones is 1. The Balaban J connectivity index is 1.36. The number of carbonyl (C=O) groups excluding carboxylic acids is 5. The first kappa shape index (κ1) is 42.1. The van der Waals surface area contributed by atoms with Crippen LogP contribution in [-0.2, 0) is 57.4 Å². The van der Waals surface area contributed by atoms with Gasteiger partial charge in [-0.25, -0.2) is 0 Å². The highest BCUT2D eigenvalue weighted by molar-refractivity contribution is 5.99. The van der Waals surface area contributed by atoms with Crippen molar-refractivity contribution in [2.24, 2.45) is 0 Å². The third-order valence-corrected chi connectivity index (χ3v) is 9.77. The smallest absolute Gasteiger partial charge is 0.379 e. The van der Waals surface area contributed by atoms with E-state index in [4.69, 9.17) is 9.47 Å². The third kappa shape index (κ3) is 12.2. The maximum Gasteiger partial charge on any atom is 0.384 e. The summed E-state index contributed by atoms with van der Waals surface area (Å²) >= 11 is 0. The quantitative estimate of drug-likeness (QED) is 0.126. The molecule has 4 N–H and O–H groups in total. The second-order valence-corrected chi connectivity index (χ2v) is 14.1. The first-order chi connectivity index (χ1) is 26.9. The van der Waals surface area contributed by atoms with Crippen molar-refractivity contribution in [3.63, 3.8) is 0 Å². The lowest BCUT2D eigenvalue weighted by atomic mass is 9.94. The highest BCUT2D eigenvalue weighted by atomic mass is 19.3. The van der Waals surface area contributed by atoms with Gasteiger partial charge in [0.1, 0.15) is 17.7 Å². The Bertz CT molecular complexity index is 1780. The van der Waals surface area contributed by atoms with Crippen molar-refractivity contribution in [2.75, 3.05) is 46.6 Å². The molecular weight excluding hydrogens is 728 g/mol. The minimum Gasteiger partial charge on any atom is -0.379 e. The van der Waals surface area contributed by atoms with E-state index in [1.807, 2.05) is 41.3 Å². The molecule has 2 aliphatic heterocycles. The van der Waals surface area contributed by atoms with Gasteiger partial charge >= 0.3 is 6.11 Å². The number of halogens is 2. The molecule has 3 aromatic carbocycles. The zero-order chi connectivity index (χ0) is 40.1. The summed E-state index contributed by atoms with van der Waals surface area (Å²) in [6.45, 7) is 3.62. The van der Waals surface area contributed by atoms with Crippen LogP contribution in [0.15, 0.2) is 91.0 Å². The van der Waals surface area contributed by atoms with E-state index in [1.54, 1.807) is 61.5 Å². The molecular formula is C41H49F2N5O8. The third-order valence-electron chi connectivity index (χ3n) is 9.77. The van der Waals surface area contributed by atoms with Crippen molar-refractivity contribution in [3.8, 4) is 0 Å². The van der Waals surface area contributed by atoms with Crippen LogP contribution in [0.5, 0.6) is 0 Å². The van der Waals surface area contributed by atoms with E-state index >= 15 is 8.78 Å². The average Bonchev–Trinajstić information content (AvgIpc) is 3.97. The van der Waals surface area contributed by atoms with Crippen LogP contribution in [-0.4, -0.2) is 117 Å². The van der Waals surface area contributed by atoms with Crippen LogP contribution in [0, 0.1) is 0 Å². The molecule has 2 aliphatic rings. The molecule has 300 valence electrons. The van der Waals surface area contributed by atoms with Crippen LogP contribution < -0.4 is 21.3 Å². The van der Waals surface area contributed by atoms with Gasteiger partial charge in [0.15, 0.2) is 11.8 Å². The monoisotopic (exact) mass is 777 g/mol. The molecule has 0 aromatic heterocycles. The second kappa shape index (κ2) is 19.7. The lowest BCUT2D eigenvalue weighted by Gasteiger charge is -2.30. The predicted molar refractivity (Wildman–Crippen MR) is 201 cm³/mol. The van der Waals surface area contributed by atoms with Gasteiger partial charge in [-0.1, -0.05) is 91.0 Å². The summed E-state index contributed by atoms with van der Waals surface area (Å²) in [5.41, 5.74) is 1.07.